The lowest BCUT2D eigenvalue weighted by atomic mass is 9.97. The summed E-state index contributed by atoms with van der Waals surface area (Å²) < 4.78 is 10.6. The standard InChI is InChI=1S/C20H34N2O4S.C2H6O/c1-8-12-22(19(24)26-20(5,6)7)16(14(3)4)10-11-17-21-15(13-27-17)18(23)25-9-2;1-2-3/h13-14,16H,8-12H2,1-7H3;3H,2H2,1H3. The number of hydrogen-bond donors (Lipinski definition) is 1. The number of esters is 1. The molecule has 1 heterocycles. The number of thiazole rings is 1. The molecular formula is C22H40N2O5S. The van der Waals surface area contributed by atoms with Crippen molar-refractivity contribution in [3.05, 3.63) is 16.1 Å². The number of aliphatic hydroxyl groups is 1. The zero-order valence-corrected chi connectivity index (χ0v) is 20.7. The molecule has 0 aromatic carbocycles. The molecule has 1 aromatic rings. The van der Waals surface area contributed by atoms with Crippen molar-refractivity contribution in [1.82, 2.24) is 9.88 Å². The maximum atomic E-state index is 12.7. The van der Waals surface area contributed by atoms with Gasteiger partial charge in [-0.25, -0.2) is 14.6 Å². The third-order valence-corrected chi connectivity index (χ3v) is 4.86. The van der Waals surface area contributed by atoms with Crippen molar-refractivity contribution in [2.75, 3.05) is 19.8 Å². The smallest absolute Gasteiger partial charge is 0.410 e. The molecule has 0 aliphatic heterocycles. The molecule has 0 bridgehead atoms. The van der Waals surface area contributed by atoms with Gasteiger partial charge in [0.1, 0.15) is 5.60 Å². The molecule has 174 valence electrons. The minimum atomic E-state index is -0.519. The first-order chi connectivity index (χ1) is 14.0. The highest BCUT2D eigenvalue weighted by atomic mass is 32.1. The number of carbonyl (C=O) groups excluding carboxylic acids is 2. The van der Waals surface area contributed by atoms with Gasteiger partial charge in [0, 0.05) is 31.0 Å². The highest BCUT2D eigenvalue weighted by Crippen LogP contribution is 2.22. The number of aliphatic hydroxyl groups excluding tert-OH is 1. The third kappa shape index (κ3) is 10.9. The Bertz CT molecular complexity index is 625. The van der Waals surface area contributed by atoms with E-state index in [2.05, 4.69) is 25.8 Å². The van der Waals surface area contributed by atoms with Crippen LogP contribution in [0.1, 0.15) is 83.7 Å². The molecule has 1 aromatic heterocycles. The molecular weight excluding hydrogens is 404 g/mol. The number of rotatable bonds is 9. The fourth-order valence-electron chi connectivity index (χ4n) is 2.80. The van der Waals surface area contributed by atoms with Crippen molar-refractivity contribution in [3.63, 3.8) is 0 Å². The van der Waals surface area contributed by atoms with E-state index in [-0.39, 0.29) is 30.6 Å². The van der Waals surface area contributed by atoms with Crippen molar-refractivity contribution in [2.45, 2.75) is 86.3 Å². The first kappa shape index (κ1) is 28.3. The molecule has 0 spiro atoms. The van der Waals surface area contributed by atoms with E-state index in [1.807, 2.05) is 25.7 Å². The summed E-state index contributed by atoms with van der Waals surface area (Å²) in [6.07, 6.45) is 2.07. The number of nitrogens with zero attached hydrogens (tertiary/aromatic N) is 2. The number of aromatic nitrogens is 1. The van der Waals surface area contributed by atoms with Crippen molar-refractivity contribution in [3.8, 4) is 0 Å². The largest absolute Gasteiger partial charge is 0.461 e. The Morgan fingerprint density at radius 3 is 2.30 bits per heavy atom. The van der Waals surface area contributed by atoms with E-state index < -0.39 is 5.60 Å². The Balaban J connectivity index is 0.00000263. The minimum Gasteiger partial charge on any atom is -0.461 e. The van der Waals surface area contributed by atoms with Crippen LogP contribution in [0, 0.1) is 5.92 Å². The summed E-state index contributed by atoms with van der Waals surface area (Å²) in [5.74, 6) is -0.102. The van der Waals surface area contributed by atoms with Crippen molar-refractivity contribution in [2.24, 2.45) is 5.92 Å². The molecule has 0 saturated heterocycles. The molecule has 1 amide bonds. The zero-order chi connectivity index (χ0) is 23.3. The Morgan fingerprint density at radius 2 is 1.83 bits per heavy atom. The number of amides is 1. The van der Waals surface area contributed by atoms with E-state index in [1.165, 1.54) is 11.3 Å². The van der Waals surface area contributed by atoms with Crippen LogP contribution in [0.5, 0.6) is 0 Å². The molecule has 1 atom stereocenters. The summed E-state index contributed by atoms with van der Waals surface area (Å²) in [6, 6.07) is 0.0507. The van der Waals surface area contributed by atoms with Crippen LogP contribution in [0.3, 0.4) is 0 Å². The molecule has 1 unspecified atom stereocenters. The highest BCUT2D eigenvalue weighted by Gasteiger charge is 2.29. The molecule has 0 aliphatic rings. The predicted molar refractivity (Wildman–Crippen MR) is 121 cm³/mol. The third-order valence-electron chi connectivity index (χ3n) is 3.95. The maximum absolute atomic E-state index is 12.7. The minimum absolute atomic E-state index is 0.0507. The summed E-state index contributed by atoms with van der Waals surface area (Å²) in [6.45, 7) is 16.6. The summed E-state index contributed by atoms with van der Waals surface area (Å²) in [5, 5.41) is 10.2. The maximum Gasteiger partial charge on any atom is 0.410 e. The van der Waals surface area contributed by atoms with Gasteiger partial charge in [0.2, 0.25) is 0 Å². The van der Waals surface area contributed by atoms with Gasteiger partial charge < -0.3 is 19.5 Å². The second-order valence-electron chi connectivity index (χ2n) is 8.19. The van der Waals surface area contributed by atoms with E-state index in [0.717, 1.165) is 17.8 Å². The quantitative estimate of drug-likeness (QED) is 0.544. The van der Waals surface area contributed by atoms with Gasteiger partial charge >= 0.3 is 12.1 Å². The van der Waals surface area contributed by atoms with Crippen LogP contribution < -0.4 is 0 Å². The van der Waals surface area contributed by atoms with Crippen LogP contribution in [0.2, 0.25) is 0 Å². The van der Waals surface area contributed by atoms with Crippen LogP contribution in [-0.4, -0.2) is 58.5 Å². The average molecular weight is 445 g/mol. The highest BCUT2D eigenvalue weighted by molar-refractivity contribution is 7.09. The molecule has 1 N–H and O–H groups in total. The fraction of sp³-hybridized carbons (Fsp3) is 0.773. The van der Waals surface area contributed by atoms with Gasteiger partial charge in [-0.3, -0.25) is 0 Å². The van der Waals surface area contributed by atoms with Gasteiger partial charge in [-0.05, 0) is 53.4 Å². The lowest BCUT2D eigenvalue weighted by molar-refractivity contribution is 0.00996. The van der Waals surface area contributed by atoms with E-state index in [1.54, 1.807) is 19.2 Å². The number of carbonyl (C=O) groups is 2. The molecule has 0 aliphatic carbocycles. The Morgan fingerprint density at radius 1 is 1.23 bits per heavy atom. The summed E-state index contributed by atoms with van der Waals surface area (Å²) in [7, 11) is 0. The van der Waals surface area contributed by atoms with Gasteiger partial charge in [0.25, 0.3) is 0 Å². The molecule has 0 saturated carbocycles. The fourth-order valence-corrected chi connectivity index (χ4v) is 3.58. The van der Waals surface area contributed by atoms with Gasteiger partial charge in [0.05, 0.1) is 11.6 Å². The van der Waals surface area contributed by atoms with Crippen LogP contribution in [0.4, 0.5) is 4.79 Å². The second-order valence-corrected chi connectivity index (χ2v) is 9.13. The Labute approximate surface area is 185 Å². The van der Waals surface area contributed by atoms with E-state index >= 15 is 0 Å². The molecule has 0 fully saturated rings. The van der Waals surface area contributed by atoms with Gasteiger partial charge in [-0.2, -0.15) is 0 Å². The van der Waals surface area contributed by atoms with Crippen molar-refractivity contribution >= 4 is 23.4 Å². The molecule has 30 heavy (non-hydrogen) atoms. The van der Waals surface area contributed by atoms with Crippen molar-refractivity contribution in [1.29, 1.82) is 0 Å². The number of aryl methyl sites for hydroxylation is 1. The van der Waals surface area contributed by atoms with Gasteiger partial charge in [-0.15, -0.1) is 11.3 Å². The number of hydrogen-bond acceptors (Lipinski definition) is 7. The number of ether oxygens (including phenoxy) is 2. The monoisotopic (exact) mass is 444 g/mol. The lowest BCUT2D eigenvalue weighted by Crippen LogP contribution is -2.46. The normalized spacial score (nSPS) is 12.1. The lowest BCUT2D eigenvalue weighted by Gasteiger charge is -2.35. The van der Waals surface area contributed by atoms with Crippen LogP contribution >= 0.6 is 11.3 Å². The molecule has 1 rings (SSSR count). The molecule has 8 heteroatoms. The van der Waals surface area contributed by atoms with Crippen LogP contribution in [0.25, 0.3) is 0 Å². The summed E-state index contributed by atoms with van der Waals surface area (Å²) in [4.78, 5) is 30.7. The van der Waals surface area contributed by atoms with Gasteiger partial charge in [0.15, 0.2) is 5.69 Å². The van der Waals surface area contributed by atoms with E-state index in [9.17, 15) is 9.59 Å². The summed E-state index contributed by atoms with van der Waals surface area (Å²) >= 11 is 1.45. The van der Waals surface area contributed by atoms with E-state index in [4.69, 9.17) is 14.6 Å². The topological polar surface area (TPSA) is 89.0 Å². The second kappa shape index (κ2) is 14.4. The van der Waals surface area contributed by atoms with E-state index in [0.29, 0.717) is 25.3 Å². The van der Waals surface area contributed by atoms with Crippen LogP contribution in [-0.2, 0) is 15.9 Å². The molecule has 0 radical (unpaired) electrons. The van der Waals surface area contributed by atoms with Gasteiger partial charge in [-0.1, -0.05) is 20.8 Å². The Hall–Kier alpha value is -1.67. The predicted octanol–water partition coefficient (Wildman–Crippen LogP) is 4.92. The summed E-state index contributed by atoms with van der Waals surface area (Å²) in [5.41, 5.74) is -0.162. The van der Waals surface area contributed by atoms with Crippen molar-refractivity contribution < 1.29 is 24.2 Å². The first-order valence-electron chi connectivity index (χ1n) is 10.7. The van der Waals surface area contributed by atoms with Crippen LogP contribution in [0.15, 0.2) is 5.38 Å². The first-order valence-corrected chi connectivity index (χ1v) is 11.6. The Kier molecular flexibility index (Phi) is 13.6. The molecule has 7 nitrogen and oxygen atoms in total. The SMILES string of the molecule is CCCN(C(=O)OC(C)(C)C)C(CCc1nc(C(=O)OCC)cs1)C(C)C.CCO. The average Bonchev–Trinajstić information content (AvgIpc) is 3.09. The zero-order valence-electron chi connectivity index (χ0n) is 19.9.